The largest absolute Gasteiger partial charge is 0.465 e. The van der Waals surface area contributed by atoms with Crippen molar-refractivity contribution in [2.75, 3.05) is 19.8 Å². The Balaban J connectivity index is 3.81. The van der Waals surface area contributed by atoms with Crippen LogP contribution in [0.3, 0.4) is 0 Å². The van der Waals surface area contributed by atoms with Gasteiger partial charge in [0.25, 0.3) is 0 Å². The van der Waals surface area contributed by atoms with Gasteiger partial charge in [-0.3, -0.25) is 4.79 Å². The molecule has 0 aliphatic heterocycles. The van der Waals surface area contributed by atoms with Crippen molar-refractivity contribution in [3.8, 4) is 0 Å². The van der Waals surface area contributed by atoms with Crippen LogP contribution in [0.15, 0.2) is 0 Å². The summed E-state index contributed by atoms with van der Waals surface area (Å²) in [5, 5.41) is 18.4. The van der Waals surface area contributed by atoms with Crippen molar-refractivity contribution in [2.24, 2.45) is 11.3 Å². The number of rotatable bonds is 10. The molecular formula is C14H28O4. The molecule has 0 atom stereocenters. The maximum atomic E-state index is 11.5. The highest BCUT2D eigenvalue weighted by Crippen LogP contribution is 2.21. The van der Waals surface area contributed by atoms with Gasteiger partial charge in [0.05, 0.1) is 18.6 Å². The van der Waals surface area contributed by atoms with Crippen molar-refractivity contribution in [1.29, 1.82) is 0 Å². The van der Waals surface area contributed by atoms with E-state index in [1.54, 1.807) is 0 Å². The maximum Gasteiger partial charge on any atom is 0.305 e. The van der Waals surface area contributed by atoms with Crippen molar-refractivity contribution in [3.05, 3.63) is 0 Å². The molecule has 4 heteroatoms. The molecule has 0 aliphatic carbocycles. The molecule has 0 fully saturated rings. The van der Waals surface area contributed by atoms with Gasteiger partial charge in [-0.15, -0.1) is 0 Å². The van der Waals surface area contributed by atoms with E-state index in [1.165, 1.54) is 0 Å². The third-order valence-corrected chi connectivity index (χ3v) is 3.37. The molecule has 0 rings (SSSR count). The summed E-state index contributed by atoms with van der Waals surface area (Å²) in [6, 6.07) is 0. The second kappa shape index (κ2) is 9.34. The van der Waals surface area contributed by atoms with Crippen LogP contribution in [0.5, 0.6) is 0 Å². The lowest BCUT2D eigenvalue weighted by Gasteiger charge is -2.27. The van der Waals surface area contributed by atoms with Gasteiger partial charge in [0.15, 0.2) is 0 Å². The first-order valence-electron chi connectivity index (χ1n) is 6.87. The van der Waals surface area contributed by atoms with Gasteiger partial charge in [-0.25, -0.2) is 0 Å². The number of hydrogen-bond donors (Lipinski definition) is 2. The number of ether oxygens (including phenoxy) is 1. The van der Waals surface area contributed by atoms with Crippen molar-refractivity contribution in [3.63, 3.8) is 0 Å². The predicted octanol–water partition coefficient (Wildman–Crippen LogP) is 2.13. The summed E-state index contributed by atoms with van der Waals surface area (Å²) >= 11 is 0. The van der Waals surface area contributed by atoms with E-state index in [2.05, 4.69) is 13.8 Å². The zero-order valence-electron chi connectivity index (χ0n) is 11.9. The Morgan fingerprint density at radius 2 is 1.83 bits per heavy atom. The van der Waals surface area contributed by atoms with Crippen LogP contribution in [0.25, 0.3) is 0 Å². The third kappa shape index (κ3) is 6.97. The van der Waals surface area contributed by atoms with Crippen LogP contribution in [-0.4, -0.2) is 36.0 Å². The Morgan fingerprint density at radius 1 is 1.22 bits per heavy atom. The zero-order chi connectivity index (χ0) is 14.0. The lowest BCUT2D eigenvalue weighted by atomic mass is 9.88. The average molecular weight is 260 g/mol. The smallest absolute Gasteiger partial charge is 0.305 e. The van der Waals surface area contributed by atoms with Crippen molar-refractivity contribution in [1.82, 2.24) is 0 Å². The summed E-state index contributed by atoms with van der Waals surface area (Å²) < 4.78 is 5.13. The molecule has 0 spiro atoms. The molecule has 18 heavy (non-hydrogen) atoms. The highest BCUT2D eigenvalue weighted by atomic mass is 16.5. The van der Waals surface area contributed by atoms with Gasteiger partial charge in [0, 0.05) is 6.42 Å². The standard InChI is InChI=1S/C14H28O4/c1-4-14(9-15,10-16)11-18-13(17)8-6-5-7-12(2)3/h12,15-16H,4-11H2,1-3H3. The van der Waals surface area contributed by atoms with E-state index in [9.17, 15) is 15.0 Å². The van der Waals surface area contributed by atoms with Gasteiger partial charge in [0.1, 0.15) is 6.61 Å². The van der Waals surface area contributed by atoms with Crippen LogP contribution in [0.1, 0.15) is 52.9 Å². The van der Waals surface area contributed by atoms with Gasteiger partial charge < -0.3 is 14.9 Å². The molecule has 0 aromatic heterocycles. The topological polar surface area (TPSA) is 66.8 Å². The molecule has 0 heterocycles. The monoisotopic (exact) mass is 260 g/mol. The third-order valence-electron chi connectivity index (χ3n) is 3.37. The van der Waals surface area contributed by atoms with Gasteiger partial charge in [-0.1, -0.05) is 33.6 Å². The van der Waals surface area contributed by atoms with E-state index < -0.39 is 5.41 Å². The lowest BCUT2D eigenvalue weighted by Crippen LogP contribution is -2.35. The normalized spacial score (nSPS) is 11.9. The number of aliphatic hydroxyl groups is 2. The zero-order valence-corrected chi connectivity index (χ0v) is 11.9. The minimum atomic E-state index is -0.687. The first-order chi connectivity index (χ1) is 8.49. The molecule has 0 aliphatic rings. The van der Waals surface area contributed by atoms with E-state index in [-0.39, 0.29) is 25.8 Å². The molecule has 0 bridgehead atoms. The number of esters is 1. The first-order valence-corrected chi connectivity index (χ1v) is 6.87. The molecule has 0 unspecified atom stereocenters. The van der Waals surface area contributed by atoms with Crippen LogP contribution in [0.2, 0.25) is 0 Å². The van der Waals surface area contributed by atoms with Crippen LogP contribution >= 0.6 is 0 Å². The second-order valence-corrected chi connectivity index (χ2v) is 5.47. The Labute approximate surface area is 110 Å². The summed E-state index contributed by atoms with van der Waals surface area (Å²) in [5.41, 5.74) is -0.687. The molecule has 108 valence electrons. The SMILES string of the molecule is CCC(CO)(CO)COC(=O)CCCCC(C)C. The van der Waals surface area contributed by atoms with E-state index in [1.807, 2.05) is 6.92 Å². The van der Waals surface area contributed by atoms with Crippen LogP contribution in [0.4, 0.5) is 0 Å². The molecule has 4 nitrogen and oxygen atoms in total. The highest BCUT2D eigenvalue weighted by Gasteiger charge is 2.28. The molecule has 0 saturated carbocycles. The first kappa shape index (κ1) is 17.4. The van der Waals surface area contributed by atoms with E-state index in [0.29, 0.717) is 18.8 Å². The van der Waals surface area contributed by atoms with Gasteiger partial charge in [0.2, 0.25) is 0 Å². The van der Waals surface area contributed by atoms with Gasteiger partial charge in [-0.2, -0.15) is 0 Å². The molecule has 2 N–H and O–H groups in total. The van der Waals surface area contributed by atoms with Gasteiger partial charge in [-0.05, 0) is 18.8 Å². The van der Waals surface area contributed by atoms with E-state index in [4.69, 9.17) is 4.74 Å². The molecular weight excluding hydrogens is 232 g/mol. The minimum Gasteiger partial charge on any atom is -0.465 e. The Morgan fingerprint density at radius 3 is 2.28 bits per heavy atom. The molecule has 0 radical (unpaired) electrons. The number of aliphatic hydroxyl groups excluding tert-OH is 2. The van der Waals surface area contributed by atoms with Crippen LogP contribution < -0.4 is 0 Å². The Kier molecular flexibility index (Phi) is 9.02. The Bertz CT molecular complexity index is 214. The van der Waals surface area contributed by atoms with Crippen molar-refractivity contribution < 1.29 is 19.7 Å². The summed E-state index contributed by atoms with van der Waals surface area (Å²) in [7, 11) is 0. The van der Waals surface area contributed by atoms with Crippen molar-refractivity contribution >= 4 is 5.97 Å². The van der Waals surface area contributed by atoms with E-state index in [0.717, 1.165) is 19.3 Å². The second-order valence-electron chi connectivity index (χ2n) is 5.47. The molecule has 0 saturated heterocycles. The minimum absolute atomic E-state index is 0.0967. The fourth-order valence-corrected chi connectivity index (χ4v) is 1.59. The number of hydrogen-bond acceptors (Lipinski definition) is 4. The average Bonchev–Trinajstić information content (AvgIpc) is 2.37. The van der Waals surface area contributed by atoms with E-state index >= 15 is 0 Å². The summed E-state index contributed by atoms with van der Waals surface area (Å²) in [4.78, 5) is 11.5. The predicted molar refractivity (Wildman–Crippen MR) is 71.2 cm³/mol. The van der Waals surface area contributed by atoms with Crippen LogP contribution in [-0.2, 0) is 9.53 Å². The molecule has 0 aromatic rings. The summed E-state index contributed by atoms with van der Waals surface area (Å²) in [6.07, 6.45) is 4.00. The lowest BCUT2D eigenvalue weighted by molar-refractivity contribution is -0.149. The summed E-state index contributed by atoms with van der Waals surface area (Å²) in [6.45, 7) is 5.95. The number of carbonyl (C=O) groups excluding carboxylic acids is 1. The fourth-order valence-electron chi connectivity index (χ4n) is 1.59. The Hall–Kier alpha value is -0.610. The van der Waals surface area contributed by atoms with Crippen LogP contribution in [0, 0.1) is 11.3 Å². The quantitative estimate of drug-likeness (QED) is 0.466. The number of carbonyl (C=O) groups is 1. The number of unbranched alkanes of at least 4 members (excludes halogenated alkanes) is 1. The van der Waals surface area contributed by atoms with Gasteiger partial charge >= 0.3 is 5.97 Å². The summed E-state index contributed by atoms with van der Waals surface area (Å²) in [5.74, 6) is 0.427. The molecule has 0 amide bonds. The van der Waals surface area contributed by atoms with Crippen molar-refractivity contribution in [2.45, 2.75) is 52.9 Å². The highest BCUT2D eigenvalue weighted by molar-refractivity contribution is 5.69. The maximum absolute atomic E-state index is 11.5. The fraction of sp³-hybridized carbons (Fsp3) is 0.929. The molecule has 0 aromatic carbocycles.